The van der Waals surface area contributed by atoms with Crippen LogP contribution in [0.3, 0.4) is 0 Å². The standard InChI is InChI=1S/C19H18OP.C5H5.Fe/c1-15(20)18-13-8-14-19(18)21(16-9-4-2-5-10-16)17-11-6-3-7-12-17;1-2-4-5-3-1;/h2-15,20H,1H3;1-5H;/t15-;;/m1../s1. The Kier molecular flexibility index (Phi) is 0.645. The number of fused-ring (bicyclic) bond motifs is 10. The first-order valence-corrected chi connectivity index (χ1v) is 18.3. The Labute approximate surface area is 150 Å². The molecule has 10 saturated heterocycles. The third kappa shape index (κ3) is 0.201. The Hall–Kier alpha value is -0.651. The van der Waals surface area contributed by atoms with Crippen molar-refractivity contribution in [3.8, 4) is 0 Å². The van der Waals surface area contributed by atoms with Gasteiger partial charge in [0.05, 0.1) is 0 Å². The van der Waals surface area contributed by atoms with Crippen LogP contribution in [0.1, 0.15) is 6.92 Å². The SMILES string of the molecule is C[C@@H](O)[C@@]12[CH]3[CH]4[CH]5[C]1(P(c1ccccc1)c1ccccc1)[Fe]45321678[CH]2[CH]1[CH]6[CH]7[CH]28. The monoisotopic (exact) mass is 414 g/mol. The molecule has 27 heavy (non-hydrogen) atoms. The Balaban J connectivity index is 1.32. The van der Waals surface area contributed by atoms with E-state index in [1.165, 1.54) is 33.7 Å². The van der Waals surface area contributed by atoms with Gasteiger partial charge in [-0.1, -0.05) is 0 Å². The molecule has 4 unspecified atom stereocenters. The fourth-order valence-corrected chi connectivity index (χ4v) is 112. The minimum absolute atomic E-state index is 0.0149. The average Bonchev–Trinajstić information content (AvgIpc) is 3.64. The van der Waals surface area contributed by atoms with Crippen molar-refractivity contribution >= 4 is 18.5 Å². The van der Waals surface area contributed by atoms with E-state index in [1.807, 2.05) is 0 Å². The first kappa shape index (κ1) is 12.1. The van der Waals surface area contributed by atoms with E-state index in [2.05, 4.69) is 67.6 Å². The quantitative estimate of drug-likeness (QED) is 0.541. The summed E-state index contributed by atoms with van der Waals surface area (Å²) < 4.78 is 1.15. The molecule has 138 valence electrons. The van der Waals surface area contributed by atoms with Gasteiger partial charge in [0.15, 0.2) is 0 Å². The van der Waals surface area contributed by atoms with Crippen LogP contribution >= 0.6 is 7.92 Å². The van der Waals surface area contributed by atoms with Gasteiger partial charge in [-0.2, -0.15) is 0 Å². The van der Waals surface area contributed by atoms with E-state index in [1.54, 1.807) is 10.6 Å². The molecule has 10 heterocycles. The normalized spacial score (nSPS) is 83.4. The number of aliphatic hydroxyl groups is 1. The fourth-order valence-electron chi connectivity index (χ4n) is 20.1. The summed E-state index contributed by atoms with van der Waals surface area (Å²) in [6.07, 6.45) is -0.0149. The van der Waals surface area contributed by atoms with Crippen LogP contribution in [0, 0.1) is 0 Å². The first-order chi connectivity index (χ1) is 13.0. The Morgan fingerprint density at radius 3 is 1.59 bits per heavy atom. The van der Waals surface area contributed by atoms with Crippen molar-refractivity contribution in [3.63, 3.8) is 0 Å². The Bertz CT molecular complexity index is 1490. The molecule has 10 aliphatic heterocycles. The number of benzene rings is 2. The summed E-state index contributed by atoms with van der Waals surface area (Å²) in [6.45, 7) is -1.36. The van der Waals surface area contributed by atoms with E-state index in [4.69, 9.17) is 0 Å². The summed E-state index contributed by atoms with van der Waals surface area (Å²) >= 11 is 0. The summed E-state index contributed by atoms with van der Waals surface area (Å²) in [5.74, 6) is 0. The number of hydrogen-bond acceptors (Lipinski definition) is 1. The van der Waals surface area contributed by atoms with E-state index >= 15 is 0 Å². The van der Waals surface area contributed by atoms with Crippen LogP contribution in [0.25, 0.3) is 0 Å². The molecule has 1 spiro atoms. The maximum atomic E-state index is 11.5. The van der Waals surface area contributed by atoms with Crippen molar-refractivity contribution in [3.05, 3.63) is 60.7 Å². The maximum absolute atomic E-state index is 11.5. The van der Waals surface area contributed by atoms with Gasteiger partial charge in [0, 0.05) is 0 Å². The van der Waals surface area contributed by atoms with Crippen LogP contribution in [0.15, 0.2) is 60.7 Å². The van der Waals surface area contributed by atoms with Gasteiger partial charge in [-0.15, -0.1) is 0 Å². The minimum atomic E-state index is -3.61. The van der Waals surface area contributed by atoms with Crippen molar-refractivity contribution in [2.75, 3.05) is 0 Å². The molecule has 2 aromatic rings. The fraction of sp³-hybridized carbons (Fsp3) is 0.500. The predicted molar refractivity (Wildman–Crippen MR) is 106 cm³/mol. The van der Waals surface area contributed by atoms with Gasteiger partial charge in [0.1, 0.15) is 0 Å². The molecule has 1 nitrogen and oxygen atoms in total. The van der Waals surface area contributed by atoms with E-state index in [0.717, 1.165) is 4.82 Å². The average molecular weight is 414 g/mol. The van der Waals surface area contributed by atoms with Gasteiger partial charge < -0.3 is 0 Å². The third-order valence-electron chi connectivity index (χ3n) is 17.9. The van der Waals surface area contributed by atoms with Gasteiger partial charge in [-0.25, -0.2) is 0 Å². The van der Waals surface area contributed by atoms with Gasteiger partial charge in [-0.3, -0.25) is 0 Å². The van der Waals surface area contributed by atoms with Gasteiger partial charge in [0.25, 0.3) is 0 Å². The first-order valence-electron chi connectivity index (χ1n) is 10.8. The molecule has 2 aromatic carbocycles. The van der Waals surface area contributed by atoms with Crippen LogP contribution < -0.4 is 10.6 Å². The van der Waals surface area contributed by atoms with Crippen LogP contribution in [-0.2, 0) is 6.51 Å². The molecule has 0 aliphatic carbocycles. The van der Waals surface area contributed by atoms with Crippen molar-refractivity contribution in [1.82, 2.24) is 0 Å². The predicted octanol–water partition coefficient (Wildman–Crippen LogP) is 5.17. The van der Waals surface area contributed by atoms with Crippen molar-refractivity contribution in [1.29, 1.82) is 0 Å². The van der Waals surface area contributed by atoms with Gasteiger partial charge in [0.2, 0.25) is 0 Å². The van der Waals surface area contributed by atoms with Crippen molar-refractivity contribution in [2.45, 2.75) is 59.9 Å². The molecule has 3 heteroatoms. The third-order valence-corrected chi connectivity index (χ3v) is 68.0. The van der Waals surface area contributed by atoms with Gasteiger partial charge >= 0.3 is 151 Å². The van der Waals surface area contributed by atoms with Crippen LogP contribution in [0.2, 0.25) is 42.8 Å². The molecule has 0 radical (unpaired) electrons. The van der Waals surface area contributed by atoms with Crippen LogP contribution in [0.5, 0.6) is 0 Å². The molecule has 0 bridgehead atoms. The van der Waals surface area contributed by atoms with Gasteiger partial charge in [-0.05, 0) is 0 Å². The molecule has 0 amide bonds. The molecule has 0 aromatic heterocycles. The van der Waals surface area contributed by atoms with Crippen LogP contribution in [0.4, 0.5) is 0 Å². The second-order valence-corrected chi connectivity index (χ2v) is 39.5. The topological polar surface area (TPSA) is 20.2 Å². The Morgan fingerprint density at radius 2 is 1.26 bits per heavy atom. The Morgan fingerprint density at radius 1 is 0.778 bits per heavy atom. The summed E-state index contributed by atoms with van der Waals surface area (Å²) in [6, 6.07) is 23.2. The molecule has 6 atom stereocenters. The second-order valence-electron chi connectivity index (χ2n) is 13.4. The van der Waals surface area contributed by atoms with Crippen molar-refractivity contribution in [2.24, 2.45) is 0 Å². The second kappa shape index (κ2) is 1.43. The summed E-state index contributed by atoms with van der Waals surface area (Å²) in [7, 11) is -0.309. The van der Waals surface area contributed by atoms with Crippen molar-refractivity contribution < 1.29 is 11.6 Å². The van der Waals surface area contributed by atoms with E-state index in [9.17, 15) is 5.11 Å². The summed E-state index contributed by atoms with van der Waals surface area (Å²) in [4.78, 5) is 9.74. The van der Waals surface area contributed by atoms with E-state index < -0.39 is 6.51 Å². The van der Waals surface area contributed by atoms with E-state index in [-0.39, 0.29) is 14.0 Å². The zero-order valence-corrected chi connectivity index (χ0v) is 17.2. The number of rotatable bonds is 4. The molecule has 12 rings (SSSR count). The van der Waals surface area contributed by atoms with E-state index in [0.29, 0.717) is 8.37 Å². The number of aliphatic hydroxyl groups excluding tert-OH is 1. The molecular weight excluding hydrogens is 391 g/mol. The summed E-state index contributed by atoms with van der Waals surface area (Å²) in [5.41, 5.74) is 0. The summed E-state index contributed by atoms with van der Waals surface area (Å²) in [5, 5.41) is 14.8. The zero-order valence-electron chi connectivity index (χ0n) is 15.2. The molecule has 0 saturated carbocycles. The molecule has 1 N–H and O–H groups in total. The molecular formula is C24H23FeOP. The number of hydrogen-bond donors (Lipinski definition) is 1. The molecule has 10 fully saturated rings. The zero-order chi connectivity index (χ0) is 17.3. The molecule has 10 aliphatic rings. The van der Waals surface area contributed by atoms with Crippen LogP contribution in [-0.4, -0.2) is 15.3 Å².